The van der Waals surface area contributed by atoms with E-state index in [0.29, 0.717) is 0 Å². The molecular formula is C28H30N2O2Si. The number of amides is 1. The highest BCUT2D eigenvalue weighted by atomic mass is 28.4. The van der Waals surface area contributed by atoms with Crippen LogP contribution < -0.4 is 25.8 Å². The molecule has 0 aromatic heterocycles. The van der Waals surface area contributed by atoms with Gasteiger partial charge in [0.05, 0.1) is 6.54 Å². The fraction of sp³-hybridized carbons (Fsp3) is 0.179. The third kappa shape index (κ3) is 4.37. The number of nitrogens with two attached hydrogens (primary N) is 1. The van der Waals surface area contributed by atoms with Crippen molar-refractivity contribution in [2.45, 2.75) is 25.8 Å². The van der Waals surface area contributed by atoms with E-state index in [1.54, 1.807) is 0 Å². The zero-order chi connectivity index (χ0) is 23.5. The van der Waals surface area contributed by atoms with E-state index in [1.807, 2.05) is 42.5 Å². The predicted molar refractivity (Wildman–Crippen MR) is 140 cm³/mol. The van der Waals surface area contributed by atoms with E-state index < -0.39 is 14.2 Å². The average molecular weight is 455 g/mol. The summed E-state index contributed by atoms with van der Waals surface area (Å²) in [5, 5.41) is 7.46. The molecule has 0 bridgehead atoms. The van der Waals surface area contributed by atoms with Crippen LogP contribution in [0.2, 0.25) is 5.04 Å². The highest BCUT2D eigenvalue weighted by Gasteiger charge is 2.52. The van der Waals surface area contributed by atoms with Gasteiger partial charge in [-0.1, -0.05) is 106 Å². The Labute approximate surface area is 196 Å². The van der Waals surface area contributed by atoms with Crippen LogP contribution in [0.3, 0.4) is 0 Å². The third-order valence-corrected chi connectivity index (χ3v) is 10.9. The second-order valence-electron chi connectivity index (χ2n) is 9.24. The lowest BCUT2D eigenvalue weighted by molar-refractivity contribution is -0.116. The van der Waals surface area contributed by atoms with Gasteiger partial charge in [0.15, 0.2) is 0 Å². The average Bonchev–Trinajstić information content (AvgIpc) is 2.81. The van der Waals surface area contributed by atoms with Crippen molar-refractivity contribution < 1.29 is 9.22 Å². The number of primary amides is 1. The molecule has 0 spiro atoms. The van der Waals surface area contributed by atoms with E-state index in [-0.39, 0.29) is 11.6 Å². The van der Waals surface area contributed by atoms with Crippen LogP contribution in [0.1, 0.15) is 20.8 Å². The molecule has 0 saturated carbocycles. The van der Waals surface area contributed by atoms with E-state index in [1.165, 1.54) is 10.4 Å². The largest absolute Gasteiger partial charge is 0.534 e. The van der Waals surface area contributed by atoms with Crippen LogP contribution in [0.25, 0.3) is 10.8 Å². The molecule has 0 heterocycles. The number of hydrogen-bond donors (Lipinski definition) is 2. The first kappa shape index (κ1) is 22.6. The Kier molecular flexibility index (Phi) is 6.25. The zero-order valence-electron chi connectivity index (χ0n) is 19.3. The Morgan fingerprint density at radius 3 is 1.88 bits per heavy atom. The number of nitrogens with one attached hydrogen (secondary N) is 1. The summed E-state index contributed by atoms with van der Waals surface area (Å²) in [6.45, 7) is 6.89. The number of carbonyl (C=O) groups is 1. The molecule has 0 aliphatic carbocycles. The van der Waals surface area contributed by atoms with Gasteiger partial charge in [-0.15, -0.1) is 0 Å². The third-order valence-electron chi connectivity index (χ3n) is 6.02. The van der Waals surface area contributed by atoms with Crippen LogP contribution in [0.5, 0.6) is 5.75 Å². The number of benzene rings is 4. The summed E-state index contributed by atoms with van der Waals surface area (Å²) in [6, 6.07) is 33.3. The van der Waals surface area contributed by atoms with E-state index in [0.717, 1.165) is 22.2 Å². The first-order valence-corrected chi connectivity index (χ1v) is 13.1. The molecule has 0 unspecified atom stereocenters. The van der Waals surface area contributed by atoms with Crippen molar-refractivity contribution in [1.82, 2.24) is 0 Å². The van der Waals surface area contributed by atoms with Crippen molar-refractivity contribution in [2.24, 2.45) is 5.73 Å². The Morgan fingerprint density at radius 2 is 1.33 bits per heavy atom. The SMILES string of the molecule is CC(C)(C)[Si](Oc1cccc2c(NCC(N)=O)cccc12)(c1ccccc1)c1ccccc1. The number of rotatable bonds is 7. The van der Waals surface area contributed by atoms with Crippen LogP contribution in [0, 0.1) is 0 Å². The van der Waals surface area contributed by atoms with Crippen molar-refractivity contribution in [1.29, 1.82) is 0 Å². The summed E-state index contributed by atoms with van der Waals surface area (Å²) in [6.07, 6.45) is 0. The molecule has 5 heteroatoms. The van der Waals surface area contributed by atoms with E-state index >= 15 is 0 Å². The maximum absolute atomic E-state index is 11.3. The lowest BCUT2D eigenvalue weighted by Gasteiger charge is -2.43. The van der Waals surface area contributed by atoms with Gasteiger partial charge in [0.2, 0.25) is 5.91 Å². The van der Waals surface area contributed by atoms with Gasteiger partial charge >= 0.3 is 8.32 Å². The Hall–Kier alpha value is -3.57. The predicted octanol–water partition coefficient (Wildman–Crippen LogP) is 4.68. The van der Waals surface area contributed by atoms with Gasteiger partial charge in [-0.3, -0.25) is 4.79 Å². The molecule has 4 aromatic carbocycles. The Balaban J connectivity index is 1.93. The summed E-state index contributed by atoms with van der Waals surface area (Å²) < 4.78 is 7.25. The molecule has 168 valence electrons. The number of fused-ring (bicyclic) bond motifs is 1. The molecule has 33 heavy (non-hydrogen) atoms. The lowest BCUT2D eigenvalue weighted by Crippen LogP contribution is -2.68. The Bertz CT molecular complexity index is 1210. The Morgan fingerprint density at radius 1 is 0.788 bits per heavy atom. The lowest BCUT2D eigenvalue weighted by atomic mass is 10.1. The fourth-order valence-electron chi connectivity index (χ4n) is 4.52. The molecule has 4 aromatic rings. The van der Waals surface area contributed by atoms with Crippen molar-refractivity contribution in [3.63, 3.8) is 0 Å². The van der Waals surface area contributed by atoms with Crippen molar-refractivity contribution >= 4 is 41.1 Å². The first-order chi connectivity index (χ1) is 15.8. The van der Waals surface area contributed by atoms with Crippen molar-refractivity contribution in [2.75, 3.05) is 11.9 Å². The van der Waals surface area contributed by atoms with Gasteiger partial charge in [0.25, 0.3) is 0 Å². The van der Waals surface area contributed by atoms with Crippen LogP contribution >= 0.6 is 0 Å². The van der Waals surface area contributed by atoms with E-state index in [9.17, 15) is 4.79 Å². The van der Waals surface area contributed by atoms with Gasteiger partial charge in [-0.2, -0.15) is 0 Å². The summed E-state index contributed by atoms with van der Waals surface area (Å²) >= 11 is 0. The minimum atomic E-state index is -2.76. The smallest absolute Gasteiger partial charge is 0.319 e. The van der Waals surface area contributed by atoms with Gasteiger partial charge in [-0.05, 0) is 27.5 Å². The summed E-state index contributed by atoms with van der Waals surface area (Å²) in [7, 11) is -2.76. The highest BCUT2D eigenvalue weighted by Crippen LogP contribution is 2.40. The van der Waals surface area contributed by atoms with Gasteiger partial charge in [0, 0.05) is 16.5 Å². The molecule has 0 radical (unpaired) electrons. The normalized spacial score (nSPS) is 11.8. The number of carbonyl (C=O) groups excluding carboxylic acids is 1. The van der Waals surface area contributed by atoms with Crippen LogP contribution in [0.4, 0.5) is 5.69 Å². The van der Waals surface area contributed by atoms with Crippen molar-refractivity contribution in [3.8, 4) is 5.75 Å². The van der Waals surface area contributed by atoms with Gasteiger partial charge in [-0.25, -0.2) is 0 Å². The maximum atomic E-state index is 11.3. The van der Waals surface area contributed by atoms with E-state index in [4.69, 9.17) is 10.2 Å². The molecule has 0 atom stereocenters. The summed E-state index contributed by atoms with van der Waals surface area (Å²) in [5.74, 6) is 0.441. The van der Waals surface area contributed by atoms with Gasteiger partial charge < -0.3 is 15.5 Å². The first-order valence-electron chi connectivity index (χ1n) is 11.2. The molecule has 0 fully saturated rings. The molecule has 0 aliphatic rings. The minimum absolute atomic E-state index is 0.0822. The molecule has 3 N–H and O–H groups in total. The number of anilines is 1. The van der Waals surface area contributed by atoms with Crippen LogP contribution in [-0.4, -0.2) is 20.8 Å². The molecule has 0 aliphatic heterocycles. The second-order valence-corrected chi connectivity index (χ2v) is 13.5. The summed E-state index contributed by atoms with van der Waals surface area (Å²) in [4.78, 5) is 11.3. The molecular weight excluding hydrogens is 424 g/mol. The fourth-order valence-corrected chi connectivity index (χ4v) is 8.96. The monoisotopic (exact) mass is 454 g/mol. The number of hydrogen-bond acceptors (Lipinski definition) is 3. The topological polar surface area (TPSA) is 64.3 Å². The summed E-state index contributed by atoms with van der Waals surface area (Å²) in [5.41, 5.74) is 6.21. The minimum Gasteiger partial charge on any atom is -0.534 e. The van der Waals surface area contributed by atoms with Crippen LogP contribution in [-0.2, 0) is 4.79 Å². The maximum Gasteiger partial charge on any atom is 0.319 e. The van der Waals surface area contributed by atoms with Gasteiger partial charge in [0.1, 0.15) is 5.75 Å². The molecule has 4 nitrogen and oxygen atoms in total. The molecule has 4 rings (SSSR count). The van der Waals surface area contributed by atoms with Crippen molar-refractivity contribution in [3.05, 3.63) is 97.1 Å². The molecule has 0 saturated heterocycles. The highest BCUT2D eigenvalue weighted by molar-refractivity contribution is 7.00. The molecule has 1 amide bonds. The zero-order valence-corrected chi connectivity index (χ0v) is 20.3. The second kappa shape index (κ2) is 9.12. The quantitative estimate of drug-likeness (QED) is 0.399. The van der Waals surface area contributed by atoms with Crippen LogP contribution in [0.15, 0.2) is 97.1 Å². The standard InChI is InChI=1S/C28H30N2O2Si/c1-28(2,3)33(21-12-6-4-7-13-21,22-14-8-5-9-15-22)32-26-19-11-16-23-24(26)17-10-18-25(23)30-20-27(29)31/h4-19,30H,20H2,1-3H3,(H2,29,31). The van der Waals surface area contributed by atoms with E-state index in [2.05, 4.69) is 80.7 Å².